The van der Waals surface area contributed by atoms with Gasteiger partial charge in [0.25, 0.3) is 0 Å². The Morgan fingerprint density at radius 3 is 2.68 bits per heavy atom. The van der Waals surface area contributed by atoms with Gasteiger partial charge in [-0.1, -0.05) is 0 Å². The van der Waals surface area contributed by atoms with Gasteiger partial charge in [-0.25, -0.2) is 4.98 Å². The van der Waals surface area contributed by atoms with Crippen LogP contribution in [0.4, 0.5) is 13.2 Å². The van der Waals surface area contributed by atoms with Gasteiger partial charge in [-0.2, -0.15) is 13.2 Å². The van der Waals surface area contributed by atoms with Crippen LogP contribution in [0, 0.1) is 0 Å². The summed E-state index contributed by atoms with van der Waals surface area (Å²) >= 11 is 0.944. The van der Waals surface area contributed by atoms with Crippen molar-refractivity contribution in [2.75, 3.05) is 13.1 Å². The number of nitrogens with zero attached hydrogens (tertiary/aromatic N) is 1. The van der Waals surface area contributed by atoms with Gasteiger partial charge in [-0.05, 0) is 13.0 Å². The molecule has 0 radical (unpaired) electrons. The van der Waals surface area contributed by atoms with Crippen molar-refractivity contribution in [2.45, 2.75) is 25.4 Å². The molecule has 0 atom stereocenters. The molecule has 1 amide bonds. The maximum atomic E-state index is 12.3. The molecule has 0 aliphatic heterocycles. The van der Waals surface area contributed by atoms with Gasteiger partial charge in [0, 0.05) is 24.8 Å². The highest BCUT2D eigenvalue weighted by Gasteiger charge is 2.33. The lowest BCUT2D eigenvalue weighted by Crippen LogP contribution is -2.26. The molecular formula is C10H15ClF3N3OS. The first kappa shape index (κ1) is 18.1. The van der Waals surface area contributed by atoms with Gasteiger partial charge in [0.05, 0.1) is 5.01 Å². The van der Waals surface area contributed by atoms with Crippen LogP contribution in [0.25, 0.3) is 0 Å². The molecular weight excluding hydrogens is 303 g/mol. The van der Waals surface area contributed by atoms with Crippen molar-refractivity contribution in [3.63, 3.8) is 0 Å². The number of thiazole rings is 1. The summed E-state index contributed by atoms with van der Waals surface area (Å²) in [5, 5.41) is 3.95. The molecule has 0 spiro atoms. The van der Waals surface area contributed by atoms with Crippen LogP contribution in [-0.4, -0.2) is 24.0 Å². The second kappa shape index (κ2) is 8.34. The molecule has 110 valence electrons. The molecule has 1 heterocycles. The van der Waals surface area contributed by atoms with Crippen molar-refractivity contribution >= 4 is 29.7 Å². The zero-order chi connectivity index (χ0) is 13.6. The normalized spacial score (nSPS) is 10.9. The lowest BCUT2D eigenvalue weighted by Gasteiger charge is -2.03. The van der Waals surface area contributed by atoms with Gasteiger partial charge in [0.15, 0.2) is 5.69 Å². The summed E-state index contributed by atoms with van der Waals surface area (Å²) in [7, 11) is 0. The summed E-state index contributed by atoms with van der Waals surface area (Å²) in [6.07, 6.45) is -3.17. The number of carbonyl (C=O) groups excluding carboxylic acids is 1. The number of alkyl halides is 3. The van der Waals surface area contributed by atoms with Crippen molar-refractivity contribution in [3.8, 4) is 0 Å². The smallest absolute Gasteiger partial charge is 0.356 e. The monoisotopic (exact) mass is 317 g/mol. The molecule has 3 N–H and O–H groups in total. The highest BCUT2D eigenvalue weighted by atomic mass is 35.5. The maximum Gasteiger partial charge on any atom is 0.434 e. The number of hydrogen-bond acceptors (Lipinski definition) is 4. The van der Waals surface area contributed by atoms with E-state index >= 15 is 0 Å². The van der Waals surface area contributed by atoms with E-state index in [2.05, 4.69) is 10.3 Å². The Kier molecular flexibility index (Phi) is 7.96. The van der Waals surface area contributed by atoms with Crippen LogP contribution in [0.15, 0.2) is 5.38 Å². The number of carbonyl (C=O) groups is 1. The summed E-state index contributed by atoms with van der Waals surface area (Å²) < 4.78 is 36.8. The molecule has 1 rings (SSSR count). The summed E-state index contributed by atoms with van der Waals surface area (Å²) in [6, 6.07) is 0. The number of halogens is 4. The largest absolute Gasteiger partial charge is 0.434 e. The van der Waals surface area contributed by atoms with E-state index in [9.17, 15) is 18.0 Å². The Labute approximate surface area is 119 Å². The molecule has 19 heavy (non-hydrogen) atoms. The lowest BCUT2D eigenvalue weighted by molar-refractivity contribution is -0.140. The van der Waals surface area contributed by atoms with Crippen molar-refractivity contribution in [1.82, 2.24) is 10.3 Å². The Morgan fingerprint density at radius 1 is 1.47 bits per heavy atom. The van der Waals surface area contributed by atoms with Gasteiger partial charge < -0.3 is 11.1 Å². The summed E-state index contributed by atoms with van der Waals surface area (Å²) in [5.41, 5.74) is 4.37. The molecule has 4 nitrogen and oxygen atoms in total. The Bertz CT molecular complexity index is 398. The Balaban J connectivity index is 0.00000324. The first-order chi connectivity index (χ1) is 8.43. The third-order valence-corrected chi connectivity index (χ3v) is 3.02. The lowest BCUT2D eigenvalue weighted by atomic mass is 10.3. The fourth-order valence-electron chi connectivity index (χ4n) is 1.22. The SMILES string of the molecule is Cl.NCCCC(=O)NCCc1nc(C(F)(F)F)cs1. The standard InChI is InChI=1S/C10H14F3N3OS.ClH/c11-10(12,13)7-6-18-9(16-7)3-5-15-8(17)2-1-4-14;/h6H,1-5,14H2,(H,15,17);1H. The number of amides is 1. The predicted molar refractivity (Wildman–Crippen MR) is 69.4 cm³/mol. The average molecular weight is 318 g/mol. The fraction of sp³-hybridized carbons (Fsp3) is 0.600. The first-order valence-corrected chi connectivity index (χ1v) is 6.30. The van der Waals surface area contributed by atoms with Gasteiger partial charge in [0.1, 0.15) is 0 Å². The van der Waals surface area contributed by atoms with E-state index in [-0.39, 0.29) is 24.9 Å². The van der Waals surface area contributed by atoms with Gasteiger partial charge >= 0.3 is 6.18 Å². The zero-order valence-electron chi connectivity index (χ0n) is 10.00. The van der Waals surface area contributed by atoms with Crippen molar-refractivity contribution < 1.29 is 18.0 Å². The molecule has 1 aromatic heterocycles. The molecule has 0 saturated carbocycles. The van der Waals surface area contributed by atoms with Crippen molar-refractivity contribution in [2.24, 2.45) is 5.73 Å². The van der Waals surface area contributed by atoms with E-state index in [4.69, 9.17) is 5.73 Å². The van der Waals surface area contributed by atoms with E-state index in [1.54, 1.807) is 0 Å². The molecule has 0 bridgehead atoms. The minimum absolute atomic E-state index is 0. The fourth-order valence-corrected chi connectivity index (χ4v) is 2.02. The molecule has 0 fully saturated rings. The molecule has 0 aromatic carbocycles. The van der Waals surface area contributed by atoms with Crippen LogP contribution >= 0.6 is 23.7 Å². The van der Waals surface area contributed by atoms with E-state index in [1.165, 1.54) is 0 Å². The quantitative estimate of drug-likeness (QED) is 0.843. The zero-order valence-corrected chi connectivity index (χ0v) is 11.6. The average Bonchev–Trinajstić information content (AvgIpc) is 2.74. The number of nitrogens with one attached hydrogen (secondary N) is 1. The second-order valence-electron chi connectivity index (χ2n) is 3.62. The van der Waals surface area contributed by atoms with Gasteiger partial charge in [-0.3, -0.25) is 4.79 Å². The molecule has 0 aliphatic carbocycles. The second-order valence-corrected chi connectivity index (χ2v) is 4.56. The minimum atomic E-state index is -4.40. The highest BCUT2D eigenvalue weighted by Crippen LogP contribution is 2.29. The summed E-state index contributed by atoms with van der Waals surface area (Å²) in [5.74, 6) is -0.145. The van der Waals surface area contributed by atoms with Gasteiger partial charge in [-0.15, -0.1) is 23.7 Å². The van der Waals surface area contributed by atoms with Crippen LogP contribution in [0.2, 0.25) is 0 Å². The number of aromatic nitrogens is 1. The molecule has 9 heteroatoms. The van der Waals surface area contributed by atoms with Crippen LogP contribution in [-0.2, 0) is 17.4 Å². The Hall–Kier alpha value is -0.860. The Morgan fingerprint density at radius 2 is 2.16 bits per heavy atom. The number of nitrogens with two attached hydrogens (primary N) is 1. The van der Waals surface area contributed by atoms with Crippen LogP contribution in [0.5, 0.6) is 0 Å². The van der Waals surface area contributed by atoms with Crippen LogP contribution in [0.3, 0.4) is 0 Å². The third-order valence-electron chi connectivity index (χ3n) is 2.11. The molecule has 1 aromatic rings. The number of rotatable bonds is 6. The van der Waals surface area contributed by atoms with E-state index in [1.807, 2.05) is 0 Å². The van der Waals surface area contributed by atoms with Gasteiger partial charge in [0.2, 0.25) is 5.91 Å². The predicted octanol–water partition coefficient (Wildman–Crippen LogP) is 1.98. The van der Waals surface area contributed by atoms with E-state index < -0.39 is 11.9 Å². The topological polar surface area (TPSA) is 68.0 Å². The first-order valence-electron chi connectivity index (χ1n) is 5.42. The summed E-state index contributed by atoms with van der Waals surface area (Å²) in [6.45, 7) is 0.725. The summed E-state index contributed by atoms with van der Waals surface area (Å²) in [4.78, 5) is 14.7. The number of hydrogen-bond donors (Lipinski definition) is 2. The van der Waals surface area contributed by atoms with Crippen LogP contribution in [0.1, 0.15) is 23.5 Å². The molecule has 0 aliphatic rings. The maximum absolute atomic E-state index is 12.3. The van der Waals surface area contributed by atoms with Crippen LogP contribution < -0.4 is 11.1 Å². The van der Waals surface area contributed by atoms with Crippen molar-refractivity contribution in [3.05, 3.63) is 16.1 Å². The minimum Gasteiger partial charge on any atom is -0.356 e. The van der Waals surface area contributed by atoms with Crippen molar-refractivity contribution in [1.29, 1.82) is 0 Å². The molecule has 0 unspecified atom stereocenters. The molecule has 0 saturated heterocycles. The van der Waals surface area contributed by atoms with E-state index in [0.29, 0.717) is 30.8 Å². The highest BCUT2D eigenvalue weighted by molar-refractivity contribution is 7.09. The third kappa shape index (κ3) is 6.74. The van der Waals surface area contributed by atoms with E-state index in [0.717, 1.165) is 16.7 Å².